The highest BCUT2D eigenvalue weighted by atomic mass is 16.3. The highest BCUT2D eigenvalue weighted by molar-refractivity contribution is 5.93. The number of furan rings is 1. The van der Waals surface area contributed by atoms with E-state index in [1.807, 2.05) is 49.4 Å². The SMILES string of the molecule is Cc1ccc2c(Nc3ccc4[nH]ncc4c3)nc(-c3ccco3)nc2c1. The molecule has 3 aromatic heterocycles. The highest BCUT2D eigenvalue weighted by Gasteiger charge is 2.12. The molecule has 6 heteroatoms. The maximum atomic E-state index is 5.49. The Labute approximate surface area is 148 Å². The minimum absolute atomic E-state index is 0.556. The quantitative estimate of drug-likeness (QED) is 0.492. The molecule has 0 unspecified atom stereocenters. The Balaban J connectivity index is 1.67. The summed E-state index contributed by atoms with van der Waals surface area (Å²) >= 11 is 0. The number of H-pyrrole nitrogens is 1. The normalized spacial score (nSPS) is 11.3. The fourth-order valence-corrected chi connectivity index (χ4v) is 3.01. The van der Waals surface area contributed by atoms with E-state index in [0.29, 0.717) is 11.6 Å². The molecular formula is C20H15N5O. The van der Waals surface area contributed by atoms with Gasteiger partial charge in [-0.15, -0.1) is 0 Å². The number of hydrogen-bond acceptors (Lipinski definition) is 5. The summed E-state index contributed by atoms with van der Waals surface area (Å²) in [7, 11) is 0. The summed E-state index contributed by atoms with van der Waals surface area (Å²) in [6.07, 6.45) is 3.43. The van der Waals surface area contributed by atoms with Gasteiger partial charge in [-0.1, -0.05) is 6.07 Å². The van der Waals surface area contributed by atoms with Crippen molar-refractivity contribution in [2.45, 2.75) is 6.92 Å². The molecule has 0 spiro atoms. The second-order valence-corrected chi connectivity index (χ2v) is 6.19. The topological polar surface area (TPSA) is 79.6 Å². The average molecular weight is 341 g/mol. The minimum Gasteiger partial charge on any atom is -0.461 e. The largest absolute Gasteiger partial charge is 0.461 e. The molecule has 0 fully saturated rings. The lowest BCUT2D eigenvalue weighted by atomic mass is 10.1. The van der Waals surface area contributed by atoms with Gasteiger partial charge in [-0.3, -0.25) is 5.10 Å². The standard InChI is InChI=1S/C20H15N5O/c1-12-4-6-15-17(9-12)23-20(18-3-2-8-26-18)24-19(15)22-14-5-7-16-13(10-14)11-21-25-16/h2-11H,1H3,(H,21,25)(H,22,23,24). The van der Waals surface area contributed by atoms with Crippen LogP contribution < -0.4 is 5.32 Å². The molecular weight excluding hydrogens is 326 g/mol. The zero-order valence-electron chi connectivity index (χ0n) is 14.0. The summed E-state index contributed by atoms with van der Waals surface area (Å²) in [4.78, 5) is 9.36. The molecule has 0 aliphatic heterocycles. The third-order valence-corrected chi connectivity index (χ3v) is 4.30. The Morgan fingerprint density at radius 3 is 2.88 bits per heavy atom. The van der Waals surface area contributed by atoms with Crippen molar-refractivity contribution in [3.63, 3.8) is 0 Å². The molecule has 5 rings (SSSR count). The molecule has 0 amide bonds. The highest BCUT2D eigenvalue weighted by Crippen LogP contribution is 2.29. The lowest BCUT2D eigenvalue weighted by Gasteiger charge is -2.11. The zero-order valence-corrected chi connectivity index (χ0v) is 14.0. The van der Waals surface area contributed by atoms with Crippen LogP contribution in [0.5, 0.6) is 0 Å². The number of nitrogens with one attached hydrogen (secondary N) is 2. The number of rotatable bonds is 3. The molecule has 0 bridgehead atoms. The molecule has 0 saturated heterocycles. The first-order valence-corrected chi connectivity index (χ1v) is 8.29. The third-order valence-electron chi connectivity index (χ3n) is 4.30. The maximum Gasteiger partial charge on any atom is 0.198 e. The fraction of sp³-hybridized carbons (Fsp3) is 0.0500. The first-order valence-electron chi connectivity index (χ1n) is 8.29. The Kier molecular flexibility index (Phi) is 3.21. The van der Waals surface area contributed by atoms with Crippen LogP contribution in [0.1, 0.15) is 5.56 Å². The van der Waals surface area contributed by atoms with Crippen molar-refractivity contribution < 1.29 is 4.42 Å². The fourth-order valence-electron chi connectivity index (χ4n) is 3.01. The van der Waals surface area contributed by atoms with Gasteiger partial charge in [0, 0.05) is 16.5 Å². The summed E-state index contributed by atoms with van der Waals surface area (Å²) < 4.78 is 5.49. The monoisotopic (exact) mass is 341 g/mol. The van der Waals surface area contributed by atoms with Gasteiger partial charge in [0.15, 0.2) is 11.6 Å². The number of aromatic amines is 1. The maximum absolute atomic E-state index is 5.49. The van der Waals surface area contributed by atoms with Gasteiger partial charge >= 0.3 is 0 Å². The Bertz CT molecular complexity index is 1220. The summed E-state index contributed by atoms with van der Waals surface area (Å²) in [5.41, 5.74) is 3.95. The Morgan fingerprint density at radius 1 is 1.04 bits per heavy atom. The van der Waals surface area contributed by atoms with Gasteiger partial charge in [-0.2, -0.15) is 5.10 Å². The van der Waals surface area contributed by atoms with Crippen LogP contribution in [0.3, 0.4) is 0 Å². The number of aromatic nitrogens is 4. The van der Waals surface area contributed by atoms with Gasteiger partial charge in [-0.25, -0.2) is 9.97 Å². The van der Waals surface area contributed by atoms with Crippen LogP contribution in [0, 0.1) is 6.92 Å². The van der Waals surface area contributed by atoms with Crippen molar-refractivity contribution in [3.8, 4) is 11.6 Å². The molecule has 0 aliphatic rings. The third kappa shape index (κ3) is 2.48. The Hall–Kier alpha value is -3.67. The number of aryl methyl sites for hydroxylation is 1. The van der Waals surface area contributed by atoms with Crippen LogP contribution in [0.25, 0.3) is 33.4 Å². The Morgan fingerprint density at radius 2 is 2.00 bits per heavy atom. The second kappa shape index (κ2) is 5.70. The van der Waals surface area contributed by atoms with Crippen molar-refractivity contribution in [3.05, 3.63) is 66.6 Å². The number of fused-ring (bicyclic) bond motifs is 2. The molecule has 0 saturated carbocycles. The first kappa shape index (κ1) is 14.7. The second-order valence-electron chi connectivity index (χ2n) is 6.19. The predicted molar refractivity (Wildman–Crippen MR) is 101 cm³/mol. The summed E-state index contributed by atoms with van der Waals surface area (Å²) in [6.45, 7) is 2.05. The molecule has 2 N–H and O–H groups in total. The molecule has 2 aromatic carbocycles. The molecule has 0 aliphatic carbocycles. The van der Waals surface area contributed by atoms with Crippen LogP contribution in [0.15, 0.2) is 65.4 Å². The van der Waals surface area contributed by atoms with E-state index in [-0.39, 0.29) is 0 Å². The zero-order chi connectivity index (χ0) is 17.5. The average Bonchev–Trinajstić information content (AvgIpc) is 3.32. The van der Waals surface area contributed by atoms with E-state index in [1.165, 1.54) is 0 Å². The van der Waals surface area contributed by atoms with E-state index < -0.39 is 0 Å². The number of nitrogens with zero attached hydrogens (tertiary/aromatic N) is 3. The van der Waals surface area contributed by atoms with Crippen molar-refractivity contribution >= 4 is 33.3 Å². The van der Waals surface area contributed by atoms with Crippen molar-refractivity contribution in [2.75, 3.05) is 5.32 Å². The van der Waals surface area contributed by atoms with E-state index in [4.69, 9.17) is 9.40 Å². The molecule has 26 heavy (non-hydrogen) atoms. The minimum atomic E-state index is 0.556. The van der Waals surface area contributed by atoms with Gasteiger partial charge in [0.2, 0.25) is 0 Å². The number of hydrogen-bond donors (Lipinski definition) is 2. The summed E-state index contributed by atoms with van der Waals surface area (Å²) in [5, 5.41) is 12.4. The van der Waals surface area contributed by atoms with Crippen LogP contribution in [-0.4, -0.2) is 20.2 Å². The van der Waals surface area contributed by atoms with E-state index in [2.05, 4.69) is 26.6 Å². The van der Waals surface area contributed by atoms with Gasteiger partial charge < -0.3 is 9.73 Å². The lowest BCUT2D eigenvalue weighted by molar-refractivity contribution is 0.577. The van der Waals surface area contributed by atoms with Crippen molar-refractivity contribution in [1.29, 1.82) is 0 Å². The van der Waals surface area contributed by atoms with Gasteiger partial charge in [0.1, 0.15) is 5.82 Å². The number of anilines is 2. The van der Waals surface area contributed by atoms with Gasteiger partial charge in [0.25, 0.3) is 0 Å². The van der Waals surface area contributed by atoms with Crippen molar-refractivity contribution in [1.82, 2.24) is 20.2 Å². The van der Waals surface area contributed by atoms with Gasteiger partial charge in [-0.05, 0) is 55.0 Å². The summed E-state index contributed by atoms with van der Waals surface area (Å²) in [6, 6.07) is 15.9. The van der Waals surface area contributed by atoms with Crippen LogP contribution in [-0.2, 0) is 0 Å². The molecule has 6 nitrogen and oxygen atoms in total. The molecule has 126 valence electrons. The van der Waals surface area contributed by atoms with E-state index in [0.717, 1.165) is 38.9 Å². The molecule has 5 aromatic rings. The number of benzene rings is 2. The van der Waals surface area contributed by atoms with E-state index in [9.17, 15) is 0 Å². The van der Waals surface area contributed by atoms with E-state index in [1.54, 1.807) is 12.5 Å². The van der Waals surface area contributed by atoms with E-state index >= 15 is 0 Å². The molecule has 0 atom stereocenters. The van der Waals surface area contributed by atoms with Crippen LogP contribution >= 0.6 is 0 Å². The molecule has 3 heterocycles. The summed E-state index contributed by atoms with van der Waals surface area (Å²) in [5.74, 6) is 1.94. The van der Waals surface area contributed by atoms with Gasteiger partial charge in [0.05, 0.1) is 23.5 Å². The van der Waals surface area contributed by atoms with Crippen LogP contribution in [0.2, 0.25) is 0 Å². The first-order chi connectivity index (χ1) is 12.8. The molecule has 0 radical (unpaired) electrons. The van der Waals surface area contributed by atoms with Crippen molar-refractivity contribution in [2.24, 2.45) is 0 Å². The predicted octanol–water partition coefficient (Wildman–Crippen LogP) is 4.82. The smallest absolute Gasteiger partial charge is 0.198 e. The lowest BCUT2D eigenvalue weighted by Crippen LogP contribution is -1.99. The van der Waals surface area contributed by atoms with Crippen LogP contribution in [0.4, 0.5) is 11.5 Å².